The van der Waals surface area contributed by atoms with Gasteiger partial charge in [-0.3, -0.25) is 4.90 Å². The van der Waals surface area contributed by atoms with Gasteiger partial charge in [0.1, 0.15) is 16.5 Å². The van der Waals surface area contributed by atoms with Gasteiger partial charge in [0.05, 0.1) is 50.7 Å². The highest BCUT2D eigenvalue weighted by Gasteiger charge is 2.27. The van der Waals surface area contributed by atoms with Gasteiger partial charge in [0.15, 0.2) is 5.82 Å². The molecular weight excluding hydrogens is 574 g/mol. The largest absolute Gasteiger partial charge is 0.497 e. The maximum Gasteiger partial charge on any atom is 0.229 e. The van der Waals surface area contributed by atoms with E-state index in [2.05, 4.69) is 49.2 Å². The number of ether oxygens (including phenoxy) is 3. The maximum absolute atomic E-state index is 6.50. The first-order valence-corrected chi connectivity index (χ1v) is 15.9. The normalized spacial score (nSPS) is 16.3. The molecule has 2 aromatic carbocycles. The van der Waals surface area contributed by atoms with Crippen LogP contribution in [-0.4, -0.2) is 80.8 Å². The maximum atomic E-state index is 6.50. The first-order valence-electron chi connectivity index (χ1n) is 14.3. The van der Waals surface area contributed by atoms with E-state index in [0.29, 0.717) is 22.8 Å². The number of anilines is 6. The molecule has 12 heteroatoms. The molecule has 0 saturated carbocycles. The zero-order chi connectivity index (χ0) is 29.5. The van der Waals surface area contributed by atoms with Crippen molar-refractivity contribution in [2.24, 2.45) is 0 Å². The van der Waals surface area contributed by atoms with Crippen LogP contribution in [0.2, 0.25) is 5.02 Å². The Morgan fingerprint density at radius 3 is 2.48 bits per heavy atom. The van der Waals surface area contributed by atoms with Crippen molar-refractivity contribution in [1.29, 1.82) is 0 Å². The number of aryl methyl sites for hydroxylation is 1. The molecule has 3 heterocycles. The molecule has 3 aromatic rings. The minimum Gasteiger partial charge on any atom is -0.497 e. The number of halogens is 1. The van der Waals surface area contributed by atoms with Crippen LogP contribution in [0.3, 0.4) is 0 Å². The quantitative estimate of drug-likeness (QED) is 0.216. The lowest BCUT2D eigenvalue weighted by molar-refractivity contribution is 0.0115. The zero-order valence-electron chi connectivity index (χ0n) is 24.7. The molecule has 42 heavy (non-hydrogen) atoms. The average molecular weight is 614 g/mol. The highest BCUT2D eigenvalue weighted by atomic mass is 35.5. The van der Waals surface area contributed by atoms with E-state index in [1.54, 1.807) is 20.4 Å². The van der Waals surface area contributed by atoms with Crippen LogP contribution in [-0.2, 0) is 11.2 Å². The van der Waals surface area contributed by atoms with E-state index in [9.17, 15) is 0 Å². The third-order valence-electron chi connectivity index (χ3n) is 7.83. The molecule has 2 saturated heterocycles. The second-order valence-electron chi connectivity index (χ2n) is 10.3. The lowest BCUT2D eigenvalue weighted by Gasteiger charge is -2.41. The van der Waals surface area contributed by atoms with Crippen LogP contribution in [0.15, 0.2) is 36.5 Å². The van der Waals surface area contributed by atoms with Crippen LogP contribution < -0.4 is 29.7 Å². The third-order valence-corrected chi connectivity index (χ3v) is 8.53. The van der Waals surface area contributed by atoms with Gasteiger partial charge in [0.25, 0.3) is 0 Å². The molecule has 0 unspecified atom stereocenters. The third kappa shape index (κ3) is 7.08. The molecule has 0 aliphatic carbocycles. The van der Waals surface area contributed by atoms with E-state index < -0.39 is 0 Å². The van der Waals surface area contributed by atoms with Crippen LogP contribution >= 0.6 is 23.5 Å². The van der Waals surface area contributed by atoms with Crippen LogP contribution in [0.25, 0.3) is 0 Å². The molecule has 10 nitrogen and oxygen atoms in total. The number of methoxy groups -OCH3 is 2. The van der Waals surface area contributed by atoms with Crippen molar-refractivity contribution in [3.05, 3.63) is 47.1 Å². The molecule has 0 atom stereocenters. The molecule has 2 aliphatic heterocycles. The van der Waals surface area contributed by atoms with Gasteiger partial charge in [0, 0.05) is 56.3 Å². The van der Waals surface area contributed by atoms with Crippen molar-refractivity contribution in [3.63, 3.8) is 0 Å². The molecule has 2 aliphatic rings. The Bertz CT molecular complexity index is 1350. The van der Waals surface area contributed by atoms with Gasteiger partial charge in [-0.15, -0.1) is 0 Å². The zero-order valence-corrected chi connectivity index (χ0v) is 26.3. The number of piperidine rings is 1. The Morgan fingerprint density at radius 2 is 1.79 bits per heavy atom. The lowest BCUT2D eigenvalue weighted by atomic mass is 10.00. The summed E-state index contributed by atoms with van der Waals surface area (Å²) in [6, 6.07) is 10.6. The molecule has 5 rings (SSSR count). The molecule has 0 radical (unpaired) electrons. The molecule has 1 aromatic heterocycles. The number of nitrogens with zero attached hydrogens (tertiary/aromatic N) is 4. The fraction of sp³-hybridized carbons (Fsp3) is 0.467. The topological polar surface area (TPSA) is 96.0 Å². The summed E-state index contributed by atoms with van der Waals surface area (Å²) in [5.74, 6) is 2.39. The summed E-state index contributed by atoms with van der Waals surface area (Å²) >= 11 is 7.99. The fourth-order valence-electron chi connectivity index (χ4n) is 5.59. The predicted octanol–water partition coefficient (Wildman–Crippen LogP) is 6.19. The molecule has 3 N–H and O–H groups in total. The second kappa shape index (κ2) is 14.4. The summed E-state index contributed by atoms with van der Waals surface area (Å²) in [5, 5.41) is 7.10. The second-order valence-corrected chi connectivity index (χ2v) is 11.3. The minimum absolute atomic E-state index is 0.406. The lowest BCUT2D eigenvalue weighted by Crippen LogP contribution is -2.49. The van der Waals surface area contributed by atoms with Gasteiger partial charge in [-0.2, -0.15) is 4.98 Å². The minimum atomic E-state index is 0.406. The number of nitrogens with one attached hydrogen (secondary N) is 3. The first kappa shape index (κ1) is 30.3. The Hall–Kier alpha value is -3.12. The van der Waals surface area contributed by atoms with Crippen LogP contribution in [0.4, 0.5) is 34.5 Å². The highest BCUT2D eigenvalue weighted by Crippen LogP contribution is 2.38. The van der Waals surface area contributed by atoms with Gasteiger partial charge < -0.3 is 34.5 Å². The van der Waals surface area contributed by atoms with E-state index in [1.807, 2.05) is 24.5 Å². The fourth-order valence-corrected chi connectivity index (χ4v) is 6.12. The average Bonchev–Trinajstić information content (AvgIpc) is 3.03. The first-order chi connectivity index (χ1) is 20.5. The Kier molecular flexibility index (Phi) is 10.4. The van der Waals surface area contributed by atoms with Gasteiger partial charge in [-0.1, -0.05) is 30.5 Å². The molecule has 0 bridgehead atoms. The van der Waals surface area contributed by atoms with Crippen molar-refractivity contribution in [1.82, 2.24) is 14.9 Å². The molecule has 0 spiro atoms. The van der Waals surface area contributed by atoms with Crippen molar-refractivity contribution >= 4 is 58.1 Å². The number of hydrogen-bond donors (Lipinski definition) is 3. The van der Waals surface area contributed by atoms with E-state index in [4.69, 9.17) is 30.8 Å². The van der Waals surface area contributed by atoms with E-state index in [-0.39, 0.29) is 0 Å². The molecule has 226 valence electrons. The van der Waals surface area contributed by atoms with E-state index in [1.165, 1.54) is 23.2 Å². The van der Waals surface area contributed by atoms with Gasteiger partial charge >= 0.3 is 0 Å². The van der Waals surface area contributed by atoms with Crippen molar-refractivity contribution < 1.29 is 14.2 Å². The number of morpholine rings is 1. The number of benzene rings is 2. The SMILES string of the molecule is CCc1cc(Nc2ncc(Cl)c(Nc3ccc(OC)cc3NSC)n2)c(OC)cc1N1CCC(N2CCOCC2)CC1. The van der Waals surface area contributed by atoms with Crippen LogP contribution in [0, 0.1) is 0 Å². The van der Waals surface area contributed by atoms with Gasteiger partial charge in [0.2, 0.25) is 5.95 Å². The molecule has 0 amide bonds. The molecular formula is C30H40ClN7O3S. The summed E-state index contributed by atoms with van der Waals surface area (Å²) in [6.45, 7) is 8.01. The van der Waals surface area contributed by atoms with Crippen molar-refractivity contribution in [2.75, 3.05) is 80.1 Å². The Balaban J connectivity index is 1.33. The van der Waals surface area contributed by atoms with E-state index in [0.717, 1.165) is 87.2 Å². The van der Waals surface area contributed by atoms with Crippen molar-refractivity contribution in [3.8, 4) is 11.5 Å². The van der Waals surface area contributed by atoms with Crippen molar-refractivity contribution in [2.45, 2.75) is 32.2 Å². The summed E-state index contributed by atoms with van der Waals surface area (Å²) in [6.07, 6.45) is 6.75. The number of hydrogen-bond acceptors (Lipinski definition) is 11. The highest BCUT2D eigenvalue weighted by molar-refractivity contribution is 7.99. The monoisotopic (exact) mass is 613 g/mol. The summed E-state index contributed by atoms with van der Waals surface area (Å²) in [4.78, 5) is 14.2. The van der Waals surface area contributed by atoms with Gasteiger partial charge in [-0.25, -0.2) is 4.98 Å². The Morgan fingerprint density at radius 1 is 1.00 bits per heavy atom. The summed E-state index contributed by atoms with van der Waals surface area (Å²) in [5.41, 5.74) is 4.95. The predicted molar refractivity (Wildman–Crippen MR) is 174 cm³/mol. The standard InChI is InChI=1S/C30H40ClN7O3S/c1-5-20-16-26(28(40-3)18-27(20)38-10-8-21(9-11-38)37-12-14-41-15-13-37)34-30-32-19-23(31)29(35-30)33-24-7-6-22(39-2)17-25(24)36-42-4/h6-7,16-19,21,36H,5,8-15H2,1-4H3,(H2,32,33,34,35). The number of aromatic nitrogens is 2. The smallest absolute Gasteiger partial charge is 0.229 e. The summed E-state index contributed by atoms with van der Waals surface area (Å²) in [7, 11) is 3.34. The number of rotatable bonds is 11. The Labute approximate surface area is 257 Å². The van der Waals surface area contributed by atoms with Gasteiger partial charge in [-0.05, 0) is 43.0 Å². The molecule has 2 fully saturated rings. The van der Waals surface area contributed by atoms with Crippen LogP contribution in [0.5, 0.6) is 11.5 Å². The van der Waals surface area contributed by atoms with Crippen LogP contribution in [0.1, 0.15) is 25.3 Å². The van der Waals surface area contributed by atoms with E-state index >= 15 is 0 Å². The summed E-state index contributed by atoms with van der Waals surface area (Å²) < 4.78 is 20.0.